The first-order valence-corrected chi connectivity index (χ1v) is 9.97. The molecule has 0 radical (unpaired) electrons. The third-order valence-corrected chi connectivity index (χ3v) is 6.11. The van der Waals surface area contributed by atoms with E-state index in [1.165, 1.54) is 6.92 Å². The van der Waals surface area contributed by atoms with Crippen LogP contribution in [0.15, 0.2) is 0 Å². The number of imide groups is 1. The third-order valence-electron chi connectivity index (χ3n) is 6.11. The first-order valence-electron chi connectivity index (χ1n) is 9.97. The highest BCUT2D eigenvalue weighted by molar-refractivity contribution is 6.09. The van der Waals surface area contributed by atoms with Crippen LogP contribution < -0.4 is 5.32 Å². The van der Waals surface area contributed by atoms with Crippen LogP contribution in [0.2, 0.25) is 0 Å². The number of likely N-dealkylation sites (tertiary alicyclic amines) is 1. The zero-order valence-electron chi connectivity index (χ0n) is 16.2. The largest absolute Gasteiger partial charge is 0.451 e. The minimum absolute atomic E-state index is 0.0309. The summed E-state index contributed by atoms with van der Waals surface area (Å²) in [6.07, 6.45) is 5.45. The number of piperidine rings is 1. The number of nitrogens with zero attached hydrogens (tertiary/aromatic N) is 2. The Morgan fingerprint density at radius 3 is 2.56 bits per heavy atom. The summed E-state index contributed by atoms with van der Waals surface area (Å²) in [5, 5.41) is 2.81. The average Bonchev–Trinajstić information content (AvgIpc) is 2.89. The van der Waals surface area contributed by atoms with Gasteiger partial charge < -0.3 is 15.0 Å². The molecule has 1 N–H and O–H groups in total. The average molecular weight is 379 g/mol. The van der Waals surface area contributed by atoms with Crippen LogP contribution in [0, 0.1) is 5.92 Å². The number of hydrogen-bond donors (Lipinski definition) is 1. The molecule has 27 heavy (non-hydrogen) atoms. The molecule has 1 aliphatic carbocycles. The molecule has 1 spiro atoms. The fourth-order valence-corrected chi connectivity index (χ4v) is 4.42. The van der Waals surface area contributed by atoms with Crippen molar-refractivity contribution in [2.75, 3.05) is 19.6 Å². The van der Waals surface area contributed by atoms with Crippen LogP contribution in [0.3, 0.4) is 0 Å². The van der Waals surface area contributed by atoms with E-state index in [2.05, 4.69) is 5.32 Å². The summed E-state index contributed by atoms with van der Waals surface area (Å²) in [6.45, 7) is 4.38. The standard InChI is InChI=1S/C19H29N3O5/c1-13-8-4-5-9-19(13)17(25)22(18(26)20-19)12-15(23)27-14(2)16(24)21-10-6-3-7-11-21/h13-14H,3-12H2,1-2H3,(H,20,26)/t13-,14-,19+/m0/s1. The molecule has 150 valence electrons. The van der Waals surface area contributed by atoms with Crippen LogP contribution in [0.5, 0.6) is 0 Å². The summed E-state index contributed by atoms with van der Waals surface area (Å²) in [5.41, 5.74) is -0.898. The Hall–Kier alpha value is -2.12. The van der Waals surface area contributed by atoms with Gasteiger partial charge in [0.15, 0.2) is 6.10 Å². The van der Waals surface area contributed by atoms with Gasteiger partial charge in [0.1, 0.15) is 12.1 Å². The van der Waals surface area contributed by atoms with Crippen LogP contribution >= 0.6 is 0 Å². The summed E-state index contributed by atoms with van der Waals surface area (Å²) >= 11 is 0. The SMILES string of the molecule is C[C@H](OC(=O)CN1C(=O)N[C@@]2(CCCC[C@@H]2C)C1=O)C(=O)N1CCCCC1. The molecular weight excluding hydrogens is 350 g/mol. The number of urea groups is 1. The highest BCUT2D eigenvalue weighted by Gasteiger charge is 2.55. The molecule has 0 aromatic heterocycles. The first-order chi connectivity index (χ1) is 12.8. The number of carbonyl (C=O) groups is 4. The fraction of sp³-hybridized carbons (Fsp3) is 0.789. The molecular formula is C19H29N3O5. The summed E-state index contributed by atoms with van der Waals surface area (Å²) in [4.78, 5) is 52.5. The number of carbonyl (C=O) groups excluding carboxylic acids is 4. The van der Waals surface area contributed by atoms with Crippen LogP contribution in [0.25, 0.3) is 0 Å². The molecule has 2 heterocycles. The van der Waals surface area contributed by atoms with Crippen molar-refractivity contribution in [2.24, 2.45) is 5.92 Å². The van der Waals surface area contributed by atoms with Gasteiger partial charge in [0.05, 0.1) is 0 Å². The van der Waals surface area contributed by atoms with Crippen molar-refractivity contribution in [3.05, 3.63) is 0 Å². The number of amides is 4. The molecule has 3 atom stereocenters. The normalized spacial score (nSPS) is 29.6. The van der Waals surface area contributed by atoms with Crippen molar-refractivity contribution in [3.8, 4) is 0 Å². The van der Waals surface area contributed by atoms with Gasteiger partial charge in [0.25, 0.3) is 11.8 Å². The highest BCUT2D eigenvalue weighted by Crippen LogP contribution is 2.38. The molecule has 0 aromatic carbocycles. The van der Waals surface area contributed by atoms with E-state index in [0.717, 1.165) is 43.4 Å². The maximum atomic E-state index is 12.9. The third kappa shape index (κ3) is 3.80. The van der Waals surface area contributed by atoms with Crippen molar-refractivity contribution >= 4 is 23.8 Å². The summed E-state index contributed by atoms with van der Waals surface area (Å²) in [5.74, 6) is -1.29. The molecule has 4 amide bonds. The zero-order chi connectivity index (χ0) is 19.6. The Labute approximate surface area is 159 Å². The molecule has 3 fully saturated rings. The number of rotatable bonds is 4. The lowest BCUT2D eigenvalue weighted by Gasteiger charge is -2.36. The second-order valence-corrected chi connectivity index (χ2v) is 7.96. The molecule has 2 saturated heterocycles. The van der Waals surface area contributed by atoms with E-state index in [-0.39, 0.29) is 17.7 Å². The molecule has 8 nitrogen and oxygen atoms in total. The van der Waals surface area contributed by atoms with Gasteiger partial charge in [-0.3, -0.25) is 19.3 Å². The maximum Gasteiger partial charge on any atom is 0.327 e. The van der Waals surface area contributed by atoms with Crippen molar-refractivity contribution in [2.45, 2.75) is 70.4 Å². The Morgan fingerprint density at radius 2 is 1.89 bits per heavy atom. The lowest BCUT2D eigenvalue weighted by Crippen LogP contribution is -2.54. The van der Waals surface area contributed by atoms with E-state index in [4.69, 9.17) is 4.74 Å². The molecule has 3 rings (SSSR count). The van der Waals surface area contributed by atoms with Gasteiger partial charge >= 0.3 is 12.0 Å². The van der Waals surface area contributed by atoms with Gasteiger partial charge in [-0.15, -0.1) is 0 Å². The van der Waals surface area contributed by atoms with Gasteiger partial charge in [0.2, 0.25) is 0 Å². The molecule has 2 aliphatic heterocycles. The predicted octanol–water partition coefficient (Wildman–Crippen LogP) is 1.43. The maximum absolute atomic E-state index is 12.9. The van der Waals surface area contributed by atoms with Gasteiger partial charge in [-0.25, -0.2) is 4.79 Å². The Bertz CT molecular complexity index is 631. The summed E-state index contributed by atoms with van der Waals surface area (Å²) < 4.78 is 5.22. The molecule has 0 aromatic rings. The predicted molar refractivity (Wildman–Crippen MR) is 96.6 cm³/mol. The minimum Gasteiger partial charge on any atom is -0.451 e. The number of nitrogens with one attached hydrogen (secondary N) is 1. The van der Waals surface area contributed by atoms with Crippen LogP contribution in [-0.2, 0) is 19.1 Å². The van der Waals surface area contributed by atoms with Gasteiger partial charge in [-0.2, -0.15) is 0 Å². The van der Waals surface area contributed by atoms with Gasteiger partial charge in [-0.1, -0.05) is 19.8 Å². The second-order valence-electron chi connectivity index (χ2n) is 7.96. The van der Waals surface area contributed by atoms with E-state index in [1.54, 1.807) is 4.90 Å². The minimum atomic E-state index is -0.918. The fourth-order valence-electron chi connectivity index (χ4n) is 4.42. The van der Waals surface area contributed by atoms with Crippen molar-refractivity contribution in [1.29, 1.82) is 0 Å². The van der Waals surface area contributed by atoms with E-state index in [9.17, 15) is 19.2 Å². The summed E-state index contributed by atoms with van der Waals surface area (Å²) in [7, 11) is 0. The van der Waals surface area contributed by atoms with Crippen molar-refractivity contribution < 1.29 is 23.9 Å². The topological polar surface area (TPSA) is 96.0 Å². The van der Waals surface area contributed by atoms with Gasteiger partial charge in [-0.05, 0) is 44.9 Å². The number of esters is 1. The number of ether oxygens (including phenoxy) is 1. The van der Waals surface area contributed by atoms with Crippen molar-refractivity contribution in [1.82, 2.24) is 15.1 Å². The molecule has 0 bridgehead atoms. The van der Waals surface area contributed by atoms with Crippen LogP contribution in [0.1, 0.15) is 58.8 Å². The Morgan fingerprint density at radius 1 is 1.19 bits per heavy atom. The number of hydrogen-bond acceptors (Lipinski definition) is 5. The van der Waals surface area contributed by atoms with E-state index in [0.29, 0.717) is 19.5 Å². The molecule has 1 saturated carbocycles. The Kier molecular flexibility index (Phi) is 5.72. The lowest BCUT2D eigenvalue weighted by molar-refractivity contribution is -0.161. The van der Waals surface area contributed by atoms with Gasteiger partial charge in [0, 0.05) is 13.1 Å². The quantitative estimate of drug-likeness (QED) is 0.589. The molecule has 3 aliphatic rings. The monoisotopic (exact) mass is 379 g/mol. The van der Waals surface area contributed by atoms with E-state index < -0.39 is 30.2 Å². The lowest BCUT2D eigenvalue weighted by atomic mass is 9.73. The van der Waals surface area contributed by atoms with E-state index in [1.807, 2.05) is 6.92 Å². The second kappa shape index (κ2) is 7.86. The zero-order valence-corrected chi connectivity index (χ0v) is 16.2. The Balaban J connectivity index is 1.58. The van der Waals surface area contributed by atoms with Crippen LogP contribution in [-0.4, -0.2) is 64.9 Å². The summed E-state index contributed by atoms with van der Waals surface area (Å²) in [6, 6.07) is -0.555. The van der Waals surface area contributed by atoms with Crippen molar-refractivity contribution in [3.63, 3.8) is 0 Å². The van der Waals surface area contributed by atoms with E-state index >= 15 is 0 Å². The van der Waals surface area contributed by atoms with Crippen LogP contribution in [0.4, 0.5) is 4.79 Å². The highest BCUT2D eigenvalue weighted by atomic mass is 16.5. The molecule has 8 heteroatoms. The molecule has 0 unspecified atom stereocenters. The smallest absolute Gasteiger partial charge is 0.327 e. The first kappa shape index (κ1) is 19.6.